The maximum Gasteiger partial charge on any atom is 0.254 e. The number of fused-ring (bicyclic) bond motifs is 2. The van der Waals surface area contributed by atoms with Gasteiger partial charge in [0.1, 0.15) is 0 Å². The van der Waals surface area contributed by atoms with Crippen molar-refractivity contribution in [3.63, 3.8) is 0 Å². The van der Waals surface area contributed by atoms with Gasteiger partial charge in [-0.15, -0.1) is 0 Å². The molecule has 1 aliphatic heterocycles. The predicted octanol–water partition coefficient (Wildman–Crippen LogP) is 3.75. The second kappa shape index (κ2) is 6.60. The highest BCUT2D eigenvalue weighted by atomic mass is 16.2. The lowest BCUT2D eigenvalue weighted by atomic mass is 9.87. The molecule has 4 rings (SSSR count). The normalized spacial score (nSPS) is 18.2. The van der Waals surface area contributed by atoms with E-state index in [1.54, 1.807) is 11.8 Å². The largest absolute Gasteiger partial charge is 0.335 e. The van der Waals surface area contributed by atoms with Crippen molar-refractivity contribution >= 4 is 17.5 Å². The van der Waals surface area contributed by atoms with Crippen molar-refractivity contribution in [1.82, 2.24) is 4.90 Å². The predicted molar refractivity (Wildman–Crippen MR) is 102 cm³/mol. The third-order valence-corrected chi connectivity index (χ3v) is 5.73. The van der Waals surface area contributed by atoms with Crippen LogP contribution in [0.25, 0.3) is 0 Å². The molecule has 0 fully saturated rings. The lowest BCUT2D eigenvalue weighted by molar-refractivity contribution is -0.116. The Kier molecular flexibility index (Phi) is 4.27. The van der Waals surface area contributed by atoms with Crippen molar-refractivity contribution in [2.45, 2.75) is 38.6 Å². The first kappa shape index (κ1) is 16.8. The van der Waals surface area contributed by atoms with E-state index in [4.69, 9.17) is 0 Å². The van der Waals surface area contributed by atoms with E-state index >= 15 is 0 Å². The average Bonchev–Trinajstić information content (AvgIpc) is 3.10. The van der Waals surface area contributed by atoms with Gasteiger partial charge < -0.3 is 9.80 Å². The van der Waals surface area contributed by atoms with E-state index in [-0.39, 0.29) is 17.9 Å². The molecule has 26 heavy (non-hydrogen) atoms. The summed E-state index contributed by atoms with van der Waals surface area (Å²) in [7, 11) is 1.91. The smallest absolute Gasteiger partial charge is 0.254 e. The number of hydrogen-bond acceptors (Lipinski definition) is 2. The molecule has 0 radical (unpaired) electrons. The van der Waals surface area contributed by atoms with Crippen LogP contribution in [-0.2, 0) is 17.6 Å². The highest BCUT2D eigenvalue weighted by molar-refractivity contribution is 5.98. The zero-order valence-corrected chi connectivity index (χ0v) is 15.4. The quantitative estimate of drug-likeness (QED) is 0.829. The molecule has 0 saturated heterocycles. The van der Waals surface area contributed by atoms with Gasteiger partial charge in [0.25, 0.3) is 5.91 Å². The van der Waals surface area contributed by atoms with Crippen molar-refractivity contribution in [2.75, 3.05) is 18.5 Å². The summed E-state index contributed by atoms with van der Waals surface area (Å²) in [4.78, 5) is 28.5. The number of nitrogens with zero attached hydrogens (tertiary/aromatic N) is 2. The fraction of sp³-hybridized carbons (Fsp3) is 0.364. The van der Waals surface area contributed by atoms with Crippen molar-refractivity contribution in [2.24, 2.45) is 0 Å². The van der Waals surface area contributed by atoms with Crippen LogP contribution in [0.3, 0.4) is 0 Å². The summed E-state index contributed by atoms with van der Waals surface area (Å²) >= 11 is 0. The topological polar surface area (TPSA) is 40.6 Å². The first-order valence-electron chi connectivity index (χ1n) is 9.32. The molecule has 0 aromatic heterocycles. The minimum absolute atomic E-state index is 0.0516. The molecule has 1 atom stereocenters. The van der Waals surface area contributed by atoms with Gasteiger partial charge in [0.05, 0.1) is 6.04 Å². The van der Waals surface area contributed by atoms with E-state index in [2.05, 4.69) is 24.3 Å². The number of amides is 2. The molecule has 2 aromatic rings. The van der Waals surface area contributed by atoms with E-state index in [9.17, 15) is 9.59 Å². The van der Waals surface area contributed by atoms with Crippen LogP contribution in [0.5, 0.6) is 0 Å². The number of anilines is 1. The van der Waals surface area contributed by atoms with Crippen molar-refractivity contribution < 1.29 is 9.59 Å². The third-order valence-electron chi connectivity index (χ3n) is 5.73. The lowest BCUT2D eigenvalue weighted by Crippen LogP contribution is -2.33. The molecule has 0 unspecified atom stereocenters. The SMILES string of the molecule is CC(=O)N1CCc2cc(C(=O)N(C)[C@H]3CCCc4ccccc43)ccc21. The summed E-state index contributed by atoms with van der Waals surface area (Å²) in [5, 5.41) is 0. The molecule has 1 aliphatic carbocycles. The van der Waals surface area contributed by atoms with Gasteiger partial charge in [0.2, 0.25) is 5.91 Å². The standard InChI is InChI=1S/C22H24N2O2/c1-15(25)24-13-12-17-14-18(10-11-20(17)24)22(26)23(2)21-9-5-7-16-6-3-4-8-19(16)21/h3-4,6,8,10-11,14,21H,5,7,9,12-13H2,1-2H3/t21-/m0/s1. The molecular formula is C22H24N2O2. The van der Waals surface area contributed by atoms with Gasteiger partial charge in [0, 0.05) is 31.8 Å². The number of aryl methyl sites for hydroxylation is 1. The molecule has 0 spiro atoms. The van der Waals surface area contributed by atoms with Crippen LogP contribution in [0.2, 0.25) is 0 Å². The van der Waals surface area contributed by atoms with Crippen molar-refractivity contribution in [3.8, 4) is 0 Å². The van der Waals surface area contributed by atoms with Crippen LogP contribution in [0.1, 0.15) is 52.9 Å². The Labute approximate surface area is 154 Å². The number of carbonyl (C=O) groups is 2. The minimum Gasteiger partial charge on any atom is -0.335 e. The summed E-state index contributed by atoms with van der Waals surface area (Å²) in [6.07, 6.45) is 4.01. The van der Waals surface area contributed by atoms with E-state index in [0.29, 0.717) is 12.1 Å². The van der Waals surface area contributed by atoms with E-state index in [1.807, 2.05) is 30.1 Å². The molecule has 2 aromatic carbocycles. The zero-order chi connectivity index (χ0) is 18.3. The second-order valence-corrected chi connectivity index (χ2v) is 7.29. The molecule has 2 amide bonds. The third kappa shape index (κ3) is 2.79. The zero-order valence-electron chi connectivity index (χ0n) is 15.4. The van der Waals surface area contributed by atoms with Crippen molar-refractivity contribution in [1.29, 1.82) is 0 Å². The fourth-order valence-electron chi connectivity index (χ4n) is 4.34. The molecule has 2 aliphatic rings. The number of hydrogen-bond donors (Lipinski definition) is 0. The highest BCUT2D eigenvalue weighted by Crippen LogP contribution is 2.35. The van der Waals surface area contributed by atoms with Gasteiger partial charge in [0.15, 0.2) is 0 Å². The maximum absolute atomic E-state index is 13.1. The van der Waals surface area contributed by atoms with Gasteiger partial charge in [-0.2, -0.15) is 0 Å². The number of benzene rings is 2. The first-order chi connectivity index (χ1) is 12.6. The Balaban J connectivity index is 1.60. The molecule has 4 heteroatoms. The summed E-state index contributed by atoms with van der Waals surface area (Å²) in [6.45, 7) is 2.29. The molecule has 0 N–H and O–H groups in total. The van der Waals surface area contributed by atoms with Crippen LogP contribution in [-0.4, -0.2) is 30.3 Å². The molecule has 1 heterocycles. The minimum atomic E-state index is 0.0516. The Morgan fingerprint density at radius 1 is 1.08 bits per heavy atom. The maximum atomic E-state index is 13.1. The number of rotatable bonds is 2. The van der Waals surface area contributed by atoms with Crippen LogP contribution in [0.4, 0.5) is 5.69 Å². The first-order valence-corrected chi connectivity index (χ1v) is 9.32. The van der Waals surface area contributed by atoms with Crippen LogP contribution in [0.15, 0.2) is 42.5 Å². The summed E-state index contributed by atoms with van der Waals surface area (Å²) in [6, 6.07) is 14.3. The highest BCUT2D eigenvalue weighted by Gasteiger charge is 2.28. The van der Waals surface area contributed by atoms with Crippen LogP contribution in [0, 0.1) is 0 Å². The second-order valence-electron chi connectivity index (χ2n) is 7.29. The monoisotopic (exact) mass is 348 g/mol. The molecule has 0 saturated carbocycles. The summed E-state index contributed by atoms with van der Waals surface area (Å²) in [5.41, 5.74) is 5.37. The Morgan fingerprint density at radius 3 is 2.69 bits per heavy atom. The molecule has 134 valence electrons. The molecular weight excluding hydrogens is 324 g/mol. The van der Waals surface area contributed by atoms with Gasteiger partial charge >= 0.3 is 0 Å². The average molecular weight is 348 g/mol. The van der Waals surface area contributed by atoms with Crippen LogP contribution >= 0.6 is 0 Å². The van der Waals surface area contributed by atoms with E-state index in [0.717, 1.165) is 36.9 Å². The van der Waals surface area contributed by atoms with E-state index < -0.39 is 0 Å². The Hall–Kier alpha value is -2.62. The number of carbonyl (C=O) groups excluding carboxylic acids is 2. The molecule has 0 bridgehead atoms. The van der Waals surface area contributed by atoms with Gasteiger partial charge in [-0.1, -0.05) is 24.3 Å². The van der Waals surface area contributed by atoms with Gasteiger partial charge in [-0.05, 0) is 60.6 Å². The Morgan fingerprint density at radius 2 is 1.88 bits per heavy atom. The van der Waals surface area contributed by atoms with Gasteiger partial charge in [-0.25, -0.2) is 0 Å². The van der Waals surface area contributed by atoms with Crippen molar-refractivity contribution in [3.05, 3.63) is 64.7 Å². The van der Waals surface area contributed by atoms with Crippen LogP contribution < -0.4 is 4.90 Å². The van der Waals surface area contributed by atoms with Gasteiger partial charge in [-0.3, -0.25) is 9.59 Å². The summed E-state index contributed by atoms with van der Waals surface area (Å²) in [5.74, 6) is 0.106. The Bertz CT molecular complexity index is 874. The molecule has 4 nitrogen and oxygen atoms in total. The fourth-order valence-corrected chi connectivity index (χ4v) is 4.34. The van der Waals surface area contributed by atoms with E-state index in [1.165, 1.54) is 11.1 Å². The summed E-state index contributed by atoms with van der Waals surface area (Å²) < 4.78 is 0. The lowest BCUT2D eigenvalue weighted by Gasteiger charge is -2.33.